The van der Waals surface area contributed by atoms with Crippen LogP contribution < -0.4 is 10.6 Å². The first-order valence-electron chi connectivity index (χ1n) is 6.00. The van der Waals surface area contributed by atoms with Gasteiger partial charge < -0.3 is 15.7 Å². The quantitative estimate of drug-likeness (QED) is 0.771. The molecule has 1 aromatic carbocycles. The van der Waals surface area contributed by atoms with Gasteiger partial charge in [-0.1, -0.05) is 24.9 Å². The van der Waals surface area contributed by atoms with Gasteiger partial charge in [0.2, 0.25) is 0 Å². The van der Waals surface area contributed by atoms with Crippen LogP contribution in [0.2, 0.25) is 5.02 Å². The summed E-state index contributed by atoms with van der Waals surface area (Å²) in [6, 6.07) is 4.56. The van der Waals surface area contributed by atoms with Crippen molar-refractivity contribution < 1.29 is 14.7 Å². The highest BCUT2D eigenvalue weighted by atomic mass is 35.5. The van der Waals surface area contributed by atoms with E-state index in [1.165, 1.54) is 19.2 Å². The molecule has 0 bridgehead atoms. The molecule has 5 nitrogen and oxygen atoms in total. The number of amides is 2. The van der Waals surface area contributed by atoms with Crippen molar-refractivity contribution in [1.82, 2.24) is 5.32 Å². The molecule has 1 aromatic rings. The number of nitrogens with one attached hydrogen (secondary N) is 2. The van der Waals surface area contributed by atoms with Gasteiger partial charge in [0, 0.05) is 12.1 Å². The third-order valence-electron chi connectivity index (χ3n) is 2.58. The summed E-state index contributed by atoms with van der Waals surface area (Å²) in [5.41, 5.74) is 0.580. The van der Waals surface area contributed by atoms with E-state index in [1.54, 1.807) is 6.07 Å². The number of rotatable bonds is 5. The van der Waals surface area contributed by atoms with Gasteiger partial charge >= 0.3 is 0 Å². The van der Waals surface area contributed by atoms with Gasteiger partial charge in [-0.3, -0.25) is 9.59 Å². The molecule has 0 heterocycles. The van der Waals surface area contributed by atoms with Gasteiger partial charge in [0.15, 0.2) is 0 Å². The maximum atomic E-state index is 11.7. The fourth-order valence-electron chi connectivity index (χ4n) is 1.57. The van der Waals surface area contributed by atoms with Crippen LogP contribution >= 0.6 is 11.6 Å². The first-order chi connectivity index (χ1) is 8.99. The van der Waals surface area contributed by atoms with E-state index in [4.69, 9.17) is 11.6 Å². The summed E-state index contributed by atoms with van der Waals surface area (Å²) in [5, 5.41) is 15.0. The predicted molar refractivity (Wildman–Crippen MR) is 74.4 cm³/mol. The van der Waals surface area contributed by atoms with E-state index in [0.717, 1.165) is 0 Å². The number of halogens is 1. The molecule has 104 valence electrons. The Balaban J connectivity index is 2.94. The van der Waals surface area contributed by atoms with Gasteiger partial charge in [-0.15, -0.1) is 0 Å². The fraction of sp³-hybridized carbons (Fsp3) is 0.385. The van der Waals surface area contributed by atoms with Crippen LogP contribution in [0.25, 0.3) is 0 Å². The molecule has 0 aliphatic heterocycles. The van der Waals surface area contributed by atoms with Gasteiger partial charge in [0.25, 0.3) is 11.8 Å². The highest BCUT2D eigenvalue weighted by Gasteiger charge is 2.17. The number of hydrogen-bond acceptors (Lipinski definition) is 3. The second kappa shape index (κ2) is 7.11. The van der Waals surface area contributed by atoms with Crippen molar-refractivity contribution in [2.45, 2.75) is 25.9 Å². The molecule has 0 fully saturated rings. The summed E-state index contributed by atoms with van der Waals surface area (Å²) < 4.78 is 0. The standard InChI is InChI=1S/C13H17ClN2O3/c1-3-4-11(17)13(19)16-10-6-5-8(14)7-9(10)12(18)15-2/h5-7,11,17H,3-4H2,1-2H3,(H,15,18)(H,16,19)/t11-/m0/s1. The van der Waals surface area contributed by atoms with Crippen molar-refractivity contribution in [2.75, 3.05) is 12.4 Å². The minimum Gasteiger partial charge on any atom is -0.383 e. The van der Waals surface area contributed by atoms with Crippen molar-refractivity contribution >= 4 is 29.1 Å². The Labute approximate surface area is 117 Å². The first-order valence-corrected chi connectivity index (χ1v) is 6.38. The van der Waals surface area contributed by atoms with Gasteiger partial charge in [-0.05, 0) is 24.6 Å². The Morgan fingerprint density at radius 2 is 2.11 bits per heavy atom. The zero-order chi connectivity index (χ0) is 14.4. The molecule has 0 aliphatic carbocycles. The molecule has 0 unspecified atom stereocenters. The van der Waals surface area contributed by atoms with E-state index in [9.17, 15) is 14.7 Å². The number of benzene rings is 1. The third kappa shape index (κ3) is 4.22. The van der Waals surface area contributed by atoms with Crippen LogP contribution in [0.1, 0.15) is 30.1 Å². The van der Waals surface area contributed by atoms with Crippen LogP contribution in [0.3, 0.4) is 0 Å². The number of aliphatic hydroxyl groups is 1. The lowest BCUT2D eigenvalue weighted by atomic mass is 10.1. The van der Waals surface area contributed by atoms with Crippen molar-refractivity contribution in [3.05, 3.63) is 28.8 Å². The molecule has 0 radical (unpaired) electrons. The third-order valence-corrected chi connectivity index (χ3v) is 2.81. The van der Waals surface area contributed by atoms with Crippen LogP contribution in [-0.2, 0) is 4.79 Å². The van der Waals surface area contributed by atoms with E-state index >= 15 is 0 Å². The smallest absolute Gasteiger partial charge is 0.253 e. The maximum absolute atomic E-state index is 11.7. The number of carbonyl (C=O) groups excluding carboxylic acids is 2. The molecule has 3 N–H and O–H groups in total. The van der Waals surface area contributed by atoms with Gasteiger partial charge in [-0.25, -0.2) is 0 Å². The van der Waals surface area contributed by atoms with E-state index in [1.807, 2.05) is 6.92 Å². The van der Waals surface area contributed by atoms with Crippen LogP contribution in [0.4, 0.5) is 5.69 Å². The summed E-state index contributed by atoms with van der Waals surface area (Å²) in [6.07, 6.45) is -0.0232. The van der Waals surface area contributed by atoms with Crippen molar-refractivity contribution in [3.63, 3.8) is 0 Å². The Kier molecular flexibility index (Phi) is 5.79. The Hall–Kier alpha value is -1.59. The summed E-state index contributed by atoms with van der Waals surface area (Å²) in [7, 11) is 1.49. The molecule has 0 aromatic heterocycles. The molecule has 2 amide bonds. The number of carbonyl (C=O) groups is 2. The lowest BCUT2D eigenvalue weighted by molar-refractivity contribution is -0.124. The minimum absolute atomic E-state index is 0.257. The zero-order valence-corrected chi connectivity index (χ0v) is 11.6. The summed E-state index contributed by atoms with van der Waals surface area (Å²) in [5.74, 6) is -0.892. The van der Waals surface area contributed by atoms with Crippen LogP contribution in [0, 0.1) is 0 Å². The van der Waals surface area contributed by atoms with E-state index in [-0.39, 0.29) is 11.5 Å². The number of anilines is 1. The van der Waals surface area contributed by atoms with E-state index < -0.39 is 12.0 Å². The highest BCUT2D eigenvalue weighted by Crippen LogP contribution is 2.21. The van der Waals surface area contributed by atoms with Gasteiger partial charge in [0.1, 0.15) is 6.10 Å². The Morgan fingerprint density at radius 1 is 1.42 bits per heavy atom. The van der Waals surface area contributed by atoms with Crippen molar-refractivity contribution in [1.29, 1.82) is 0 Å². The first kappa shape index (κ1) is 15.5. The number of aliphatic hydroxyl groups excluding tert-OH is 1. The normalized spacial score (nSPS) is 11.8. The van der Waals surface area contributed by atoms with Crippen molar-refractivity contribution in [3.8, 4) is 0 Å². The van der Waals surface area contributed by atoms with Crippen LogP contribution in [0.15, 0.2) is 18.2 Å². The molecule has 0 saturated heterocycles. The molecule has 1 atom stereocenters. The SMILES string of the molecule is CCC[C@H](O)C(=O)Nc1ccc(Cl)cc1C(=O)NC. The molecule has 19 heavy (non-hydrogen) atoms. The zero-order valence-electron chi connectivity index (χ0n) is 10.9. The second-order valence-corrected chi connectivity index (χ2v) is 4.50. The predicted octanol–water partition coefficient (Wildman–Crippen LogP) is 1.80. The molecule has 0 spiro atoms. The topological polar surface area (TPSA) is 78.4 Å². The van der Waals surface area contributed by atoms with E-state index in [0.29, 0.717) is 23.6 Å². The molecular formula is C13H17ClN2O3. The van der Waals surface area contributed by atoms with Gasteiger partial charge in [0.05, 0.1) is 11.3 Å². The average Bonchev–Trinajstić information content (AvgIpc) is 2.40. The Bertz CT molecular complexity index is 477. The molecule has 0 saturated carbocycles. The molecule has 0 aliphatic rings. The summed E-state index contributed by atoms with van der Waals surface area (Å²) in [4.78, 5) is 23.4. The number of hydrogen-bond donors (Lipinski definition) is 3. The van der Waals surface area contributed by atoms with Crippen molar-refractivity contribution in [2.24, 2.45) is 0 Å². The van der Waals surface area contributed by atoms with Crippen LogP contribution in [0.5, 0.6) is 0 Å². The minimum atomic E-state index is -1.08. The monoisotopic (exact) mass is 284 g/mol. The molecule has 6 heteroatoms. The summed E-state index contributed by atoms with van der Waals surface area (Å²) in [6.45, 7) is 1.87. The Morgan fingerprint density at radius 3 is 2.68 bits per heavy atom. The highest BCUT2D eigenvalue weighted by molar-refractivity contribution is 6.31. The van der Waals surface area contributed by atoms with Crippen LogP contribution in [-0.4, -0.2) is 30.1 Å². The second-order valence-electron chi connectivity index (χ2n) is 4.06. The largest absolute Gasteiger partial charge is 0.383 e. The fourth-order valence-corrected chi connectivity index (χ4v) is 1.74. The lowest BCUT2D eigenvalue weighted by Gasteiger charge is -2.13. The molecule has 1 rings (SSSR count). The van der Waals surface area contributed by atoms with Gasteiger partial charge in [-0.2, -0.15) is 0 Å². The maximum Gasteiger partial charge on any atom is 0.253 e. The van der Waals surface area contributed by atoms with E-state index in [2.05, 4.69) is 10.6 Å². The lowest BCUT2D eigenvalue weighted by Crippen LogP contribution is -2.29. The summed E-state index contributed by atoms with van der Waals surface area (Å²) >= 11 is 5.82. The average molecular weight is 285 g/mol. The molecular weight excluding hydrogens is 268 g/mol.